The molecule has 0 aromatic carbocycles. The summed E-state index contributed by atoms with van der Waals surface area (Å²) in [5, 5.41) is 0. The van der Waals surface area contributed by atoms with Crippen molar-refractivity contribution in [2.75, 3.05) is 5.75 Å². The quantitative estimate of drug-likeness (QED) is 0.574. The maximum atomic E-state index is 4.35. The van der Waals surface area contributed by atoms with Crippen LogP contribution in [0.2, 0.25) is 0 Å². The third-order valence-corrected chi connectivity index (χ3v) is 4.13. The summed E-state index contributed by atoms with van der Waals surface area (Å²) in [6, 6.07) is 0. The van der Waals surface area contributed by atoms with Crippen LogP contribution >= 0.6 is 12.6 Å². The van der Waals surface area contributed by atoms with Crippen LogP contribution in [-0.2, 0) is 0 Å². The first-order chi connectivity index (χ1) is 5.35. The summed E-state index contributed by atoms with van der Waals surface area (Å²) < 4.78 is 0. The van der Waals surface area contributed by atoms with Crippen LogP contribution in [-0.4, -0.2) is 5.75 Å². The highest BCUT2D eigenvalue weighted by molar-refractivity contribution is 7.80. The van der Waals surface area contributed by atoms with Crippen molar-refractivity contribution in [3.63, 3.8) is 0 Å². The van der Waals surface area contributed by atoms with E-state index in [2.05, 4.69) is 12.6 Å². The summed E-state index contributed by atoms with van der Waals surface area (Å²) in [7, 11) is 0. The highest BCUT2D eigenvalue weighted by Crippen LogP contribution is 2.54. The van der Waals surface area contributed by atoms with Crippen LogP contribution in [0.3, 0.4) is 0 Å². The van der Waals surface area contributed by atoms with Gasteiger partial charge in [0.25, 0.3) is 0 Å². The Morgan fingerprint density at radius 2 is 1.73 bits per heavy atom. The summed E-state index contributed by atoms with van der Waals surface area (Å²) in [5.41, 5.74) is 0.825. The van der Waals surface area contributed by atoms with Crippen LogP contribution in [0.1, 0.15) is 44.9 Å². The summed E-state index contributed by atoms with van der Waals surface area (Å²) in [5.74, 6) is 2.10. The molecule has 0 heterocycles. The maximum absolute atomic E-state index is 4.35. The molecule has 0 N–H and O–H groups in total. The largest absolute Gasteiger partial charge is 0.179 e. The van der Waals surface area contributed by atoms with Crippen LogP contribution in [0, 0.1) is 11.3 Å². The van der Waals surface area contributed by atoms with Gasteiger partial charge in [-0.25, -0.2) is 0 Å². The molecular weight excluding hydrogens is 152 g/mol. The van der Waals surface area contributed by atoms with Gasteiger partial charge in [-0.1, -0.05) is 19.3 Å². The fourth-order valence-electron chi connectivity index (χ4n) is 3.00. The lowest BCUT2D eigenvalue weighted by Gasteiger charge is -2.50. The first-order valence-corrected chi connectivity index (χ1v) is 5.59. The van der Waals surface area contributed by atoms with E-state index in [-0.39, 0.29) is 0 Å². The highest BCUT2D eigenvalue weighted by atomic mass is 32.1. The third kappa shape index (κ3) is 1.44. The van der Waals surface area contributed by atoms with E-state index in [4.69, 9.17) is 0 Å². The summed E-state index contributed by atoms with van der Waals surface area (Å²) in [6.07, 6.45) is 10.5. The lowest BCUT2D eigenvalue weighted by atomic mass is 9.56. The minimum Gasteiger partial charge on any atom is -0.179 e. The Labute approximate surface area is 75.2 Å². The third-order valence-electron chi connectivity index (χ3n) is 3.62. The van der Waals surface area contributed by atoms with Crippen molar-refractivity contribution in [2.45, 2.75) is 44.9 Å². The zero-order valence-electron chi connectivity index (χ0n) is 7.18. The zero-order valence-corrected chi connectivity index (χ0v) is 8.08. The van der Waals surface area contributed by atoms with Gasteiger partial charge in [0, 0.05) is 0 Å². The van der Waals surface area contributed by atoms with Gasteiger partial charge in [0.05, 0.1) is 0 Å². The van der Waals surface area contributed by atoms with Crippen LogP contribution in [0.25, 0.3) is 0 Å². The molecule has 2 aliphatic rings. The van der Waals surface area contributed by atoms with Gasteiger partial charge in [-0.2, -0.15) is 12.6 Å². The molecule has 0 aromatic rings. The molecule has 2 rings (SSSR count). The average molecular weight is 170 g/mol. The molecule has 0 bridgehead atoms. The fourth-order valence-corrected chi connectivity index (χ4v) is 3.26. The molecule has 2 fully saturated rings. The van der Waals surface area contributed by atoms with Crippen molar-refractivity contribution < 1.29 is 0 Å². The Morgan fingerprint density at radius 1 is 1.09 bits per heavy atom. The van der Waals surface area contributed by atoms with Gasteiger partial charge >= 0.3 is 0 Å². The molecule has 0 nitrogen and oxygen atoms in total. The molecule has 0 aliphatic heterocycles. The molecule has 0 atom stereocenters. The van der Waals surface area contributed by atoms with Gasteiger partial charge < -0.3 is 0 Å². The van der Waals surface area contributed by atoms with E-state index in [1.807, 2.05) is 0 Å². The van der Waals surface area contributed by atoms with E-state index >= 15 is 0 Å². The Hall–Kier alpha value is 0.350. The Kier molecular flexibility index (Phi) is 2.18. The molecule has 2 saturated carbocycles. The van der Waals surface area contributed by atoms with E-state index < -0.39 is 0 Å². The minimum atomic E-state index is 0.825. The second kappa shape index (κ2) is 3.01. The SMILES string of the molecule is SCC1CC2(CCCCC2)C1. The van der Waals surface area contributed by atoms with E-state index in [9.17, 15) is 0 Å². The number of thiol groups is 1. The average Bonchev–Trinajstić information content (AvgIpc) is 2.01. The molecule has 0 radical (unpaired) electrons. The minimum absolute atomic E-state index is 0.825. The van der Waals surface area contributed by atoms with Crippen molar-refractivity contribution in [1.29, 1.82) is 0 Å². The molecule has 2 aliphatic carbocycles. The molecule has 11 heavy (non-hydrogen) atoms. The topological polar surface area (TPSA) is 0 Å². The standard InChI is InChI=1S/C10H18S/c11-8-9-6-10(7-9)4-2-1-3-5-10/h9,11H,1-8H2. The van der Waals surface area contributed by atoms with Crippen LogP contribution in [0.4, 0.5) is 0 Å². The molecule has 1 heteroatoms. The fraction of sp³-hybridized carbons (Fsp3) is 1.00. The van der Waals surface area contributed by atoms with Gasteiger partial charge in [-0.15, -0.1) is 0 Å². The van der Waals surface area contributed by atoms with Crippen molar-refractivity contribution in [2.24, 2.45) is 11.3 Å². The van der Waals surface area contributed by atoms with Crippen LogP contribution < -0.4 is 0 Å². The van der Waals surface area contributed by atoms with Gasteiger partial charge in [0.2, 0.25) is 0 Å². The van der Waals surface area contributed by atoms with Crippen molar-refractivity contribution >= 4 is 12.6 Å². The van der Waals surface area contributed by atoms with E-state index in [1.165, 1.54) is 44.9 Å². The van der Waals surface area contributed by atoms with E-state index in [0.717, 1.165) is 17.1 Å². The predicted molar refractivity (Wildman–Crippen MR) is 52.1 cm³/mol. The Bertz CT molecular complexity index is 128. The van der Waals surface area contributed by atoms with Crippen LogP contribution in [0.5, 0.6) is 0 Å². The highest BCUT2D eigenvalue weighted by Gasteiger charge is 2.43. The van der Waals surface area contributed by atoms with Crippen molar-refractivity contribution in [3.8, 4) is 0 Å². The molecule has 64 valence electrons. The molecular formula is C10H18S. The number of rotatable bonds is 1. The monoisotopic (exact) mass is 170 g/mol. The zero-order chi connectivity index (χ0) is 7.73. The van der Waals surface area contributed by atoms with Crippen molar-refractivity contribution in [3.05, 3.63) is 0 Å². The smallest absolute Gasteiger partial charge is 0.00691 e. The summed E-state index contributed by atoms with van der Waals surface area (Å²) in [6.45, 7) is 0. The number of hydrogen-bond donors (Lipinski definition) is 1. The first kappa shape index (κ1) is 7.97. The van der Waals surface area contributed by atoms with E-state index in [0.29, 0.717) is 0 Å². The molecule has 1 spiro atoms. The number of hydrogen-bond acceptors (Lipinski definition) is 1. The van der Waals surface area contributed by atoms with Gasteiger partial charge in [-0.3, -0.25) is 0 Å². The lowest BCUT2D eigenvalue weighted by molar-refractivity contribution is 0.0269. The van der Waals surface area contributed by atoms with Crippen molar-refractivity contribution in [1.82, 2.24) is 0 Å². The Morgan fingerprint density at radius 3 is 2.27 bits per heavy atom. The van der Waals surface area contributed by atoms with Gasteiger partial charge in [-0.05, 0) is 42.8 Å². The summed E-state index contributed by atoms with van der Waals surface area (Å²) in [4.78, 5) is 0. The predicted octanol–water partition coefficient (Wildman–Crippen LogP) is 3.28. The van der Waals surface area contributed by atoms with Gasteiger partial charge in [0.1, 0.15) is 0 Å². The first-order valence-electron chi connectivity index (χ1n) is 4.96. The molecule has 0 aromatic heterocycles. The second-order valence-corrected chi connectivity index (χ2v) is 4.88. The molecule has 0 saturated heterocycles. The summed E-state index contributed by atoms with van der Waals surface area (Å²) >= 11 is 4.35. The van der Waals surface area contributed by atoms with Crippen LogP contribution in [0.15, 0.2) is 0 Å². The molecule has 0 amide bonds. The lowest BCUT2D eigenvalue weighted by Crippen LogP contribution is -2.39. The van der Waals surface area contributed by atoms with Gasteiger partial charge in [0.15, 0.2) is 0 Å². The van der Waals surface area contributed by atoms with E-state index in [1.54, 1.807) is 0 Å². The Balaban J connectivity index is 1.84. The maximum Gasteiger partial charge on any atom is -0.00691 e. The second-order valence-electron chi connectivity index (χ2n) is 4.52. The molecule has 0 unspecified atom stereocenters. The normalized spacial score (nSPS) is 30.3.